The monoisotopic (exact) mass is 266 g/mol. The summed E-state index contributed by atoms with van der Waals surface area (Å²) in [6.45, 7) is 4.43. The Morgan fingerprint density at radius 2 is 2.11 bits per heavy atom. The summed E-state index contributed by atoms with van der Waals surface area (Å²) in [5.74, 6) is -0.505. The highest BCUT2D eigenvalue weighted by atomic mass is 16.5. The molecule has 0 atom stereocenters. The van der Waals surface area contributed by atoms with Crippen LogP contribution in [0.2, 0.25) is 0 Å². The van der Waals surface area contributed by atoms with Crippen molar-refractivity contribution in [1.82, 2.24) is 30.0 Å². The zero-order valence-corrected chi connectivity index (χ0v) is 10.7. The topological polar surface area (TPSA) is 108 Å². The van der Waals surface area contributed by atoms with Crippen LogP contribution in [-0.4, -0.2) is 42.6 Å². The van der Waals surface area contributed by atoms with Crippen LogP contribution in [0.1, 0.15) is 30.0 Å². The smallest absolute Gasteiger partial charge is 0.364 e. The van der Waals surface area contributed by atoms with E-state index in [1.54, 1.807) is 13.8 Å². The number of nitrogens with zero attached hydrogens (tertiary/aromatic N) is 5. The average molecular weight is 266 g/mol. The van der Waals surface area contributed by atoms with Gasteiger partial charge >= 0.3 is 11.7 Å². The Morgan fingerprint density at radius 3 is 2.74 bits per heavy atom. The van der Waals surface area contributed by atoms with Crippen molar-refractivity contribution in [3.63, 3.8) is 0 Å². The van der Waals surface area contributed by atoms with Gasteiger partial charge in [-0.25, -0.2) is 9.59 Å². The lowest BCUT2D eigenvalue weighted by molar-refractivity contribution is 0.0519. The number of aryl methyl sites for hydroxylation is 1. The number of hydrogen-bond acceptors (Lipinski definition) is 6. The minimum Gasteiger partial charge on any atom is -0.461 e. The largest absolute Gasteiger partial charge is 0.461 e. The van der Waals surface area contributed by atoms with E-state index in [0.29, 0.717) is 12.2 Å². The number of rotatable bonds is 5. The van der Waals surface area contributed by atoms with E-state index in [9.17, 15) is 9.59 Å². The summed E-state index contributed by atoms with van der Waals surface area (Å²) in [5.41, 5.74) is 0.441. The molecule has 0 radical (unpaired) electrons. The van der Waals surface area contributed by atoms with E-state index in [2.05, 4.69) is 20.6 Å². The molecule has 2 aromatic rings. The Bertz CT molecular complexity index is 625. The number of aromatic nitrogens is 6. The Labute approximate surface area is 108 Å². The average Bonchev–Trinajstić information content (AvgIpc) is 2.99. The minimum absolute atomic E-state index is 0.172. The van der Waals surface area contributed by atoms with E-state index < -0.39 is 5.97 Å². The van der Waals surface area contributed by atoms with Gasteiger partial charge in [-0.3, -0.25) is 5.10 Å². The number of hydrogen-bond donors (Lipinski definition) is 1. The molecule has 0 spiro atoms. The van der Waals surface area contributed by atoms with Crippen LogP contribution < -0.4 is 5.69 Å². The van der Waals surface area contributed by atoms with E-state index in [1.807, 2.05) is 0 Å². The number of esters is 1. The highest BCUT2D eigenvalue weighted by Crippen LogP contribution is 2.02. The number of carbonyl (C=O) groups is 1. The molecule has 0 aromatic carbocycles. The molecule has 1 N–H and O–H groups in total. The first-order valence-electron chi connectivity index (χ1n) is 5.87. The maximum absolute atomic E-state index is 11.7. The summed E-state index contributed by atoms with van der Waals surface area (Å²) < 4.78 is 7.24. The Balaban J connectivity index is 2.13. The molecule has 19 heavy (non-hydrogen) atoms. The molecule has 102 valence electrons. The molecule has 0 unspecified atom stereocenters. The summed E-state index contributed by atoms with van der Waals surface area (Å²) in [4.78, 5) is 23.1. The van der Waals surface area contributed by atoms with Gasteiger partial charge in [0.1, 0.15) is 0 Å². The molecule has 0 amide bonds. The molecule has 9 heteroatoms. The van der Waals surface area contributed by atoms with Crippen molar-refractivity contribution in [2.75, 3.05) is 6.61 Å². The molecule has 0 saturated heterocycles. The highest BCUT2D eigenvalue weighted by molar-refractivity contribution is 5.87. The van der Waals surface area contributed by atoms with Gasteiger partial charge in [-0.05, 0) is 30.3 Å². The number of nitrogens with one attached hydrogen (secondary N) is 1. The van der Waals surface area contributed by atoms with Crippen LogP contribution in [0, 0.1) is 0 Å². The molecule has 2 heterocycles. The Morgan fingerprint density at radius 1 is 1.37 bits per heavy atom. The first-order valence-corrected chi connectivity index (χ1v) is 5.87. The molecule has 0 aliphatic heterocycles. The molecule has 0 aliphatic carbocycles. The van der Waals surface area contributed by atoms with Crippen molar-refractivity contribution in [3.8, 4) is 0 Å². The molecule has 0 saturated carbocycles. The van der Waals surface area contributed by atoms with Gasteiger partial charge in [-0.15, -0.1) is 0 Å². The first kappa shape index (κ1) is 13.0. The maximum atomic E-state index is 11.7. The molecule has 9 nitrogen and oxygen atoms in total. The van der Waals surface area contributed by atoms with Crippen molar-refractivity contribution < 1.29 is 9.53 Å². The molecule has 0 bridgehead atoms. The van der Waals surface area contributed by atoms with E-state index in [-0.39, 0.29) is 24.5 Å². The van der Waals surface area contributed by atoms with Crippen LogP contribution in [0.25, 0.3) is 0 Å². The van der Waals surface area contributed by atoms with Gasteiger partial charge in [0.2, 0.25) is 0 Å². The SMILES string of the molecule is CCOC(=O)c1cc(Cn2nnn(CC)c2=O)[nH]n1. The highest BCUT2D eigenvalue weighted by Gasteiger charge is 2.13. The van der Waals surface area contributed by atoms with E-state index >= 15 is 0 Å². The van der Waals surface area contributed by atoms with Crippen molar-refractivity contribution in [2.24, 2.45) is 0 Å². The summed E-state index contributed by atoms with van der Waals surface area (Å²) in [6, 6.07) is 1.52. The first-order chi connectivity index (χ1) is 9.15. The molecule has 0 aliphatic rings. The van der Waals surface area contributed by atoms with Crippen LogP contribution in [0.3, 0.4) is 0 Å². The molecular formula is C10H14N6O3. The second-order valence-corrected chi connectivity index (χ2v) is 3.73. The summed E-state index contributed by atoms with van der Waals surface area (Å²) in [5, 5.41) is 13.9. The molecule has 2 rings (SSSR count). The third-order valence-electron chi connectivity index (χ3n) is 2.43. The lowest BCUT2D eigenvalue weighted by Crippen LogP contribution is -2.25. The van der Waals surface area contributed by atoms with Gasteiger partial charge < -0.3 is 4.74 Å². The maximum Gasteiger partial charge on any atom is 0.364 e. The van der Waals surface area contributed by atoms with Gasteiger partial charge in [0, 0.05) is 6.54 Å². The minimum atomic E-state index is -0.505. The van der Waals surface area contributed by atoms with Gasteiger partial charge in [0.05, 0.1) is 18.8 Å². The molecule has 2 aromatic heterocycles. The molecule has 0 fully saturated rings. The number of carbonyl (C=O) groups excluding carboxylic acids is 1. The predicted molar refractivity (Wildman–Crippen MR) is 63.6 cm³/mol. The summed E-state index contributed by atoms with van der Waals surface area (Å²) in [6.07, 6.45) is 0. The number of aromatic amines is 1. The lowest BCUT2D eigenvalue weighted by Gasteiger charge is -1.95. The summed E-state index contributed by atoms with van der Waals surface area (Å²) >= 11 is 0. The Kier molecular flexibility index (Phi) is 3.74. The van der Waals surface area contributed by atoms with Gasteiger partial charge in [-0.1, -0.05) is 0 Å². The van der Waals surface area contributed by atoms with Crippen molar-refractivity contribution >= 4 is 5.97 Å². The second kappa shape index (κ2) is 5.46. The van der Waals surface area contributed by atoms with E-state index in [1.165, 1.54) is 15.4 Å². The fourth-order valence-electron chi connectivity index (χ4n) is 1.52. The fraction of sp³-hybridized carbons (Fsp3) is 0.500. The van der Waals surface area contributed by atoms with Crippen LogP contribution >= 0.6 is 0 Å². The van der Waals surface area contributed by atoms with E-state index in [4.69, 9.17) is 4.74 Å². The zero-order valence-electron chi connectivity index (χ0n) is 10.7. The predicted octanol–water partition coefficient (Wildman–Crippen LogP) is -0.592. The lowest BCUT2D eigenvalue weighted by atomic mass is 10.3. The quantitative estimate of drug-likeness (QED) is 0.724. The number of tetrazole rings is 1. The van der Waals surface area contributed by atoms with Crippen LogP contribution in [0.5, 0.6) is 0 Å². The van der Waals surface area contributed by atoms with Crippen molar-refractivity contribution in [3.05, 3.63) is 27.9 Å². The Hall–Kier alpha value is -2.45. The second-order valence-electron chi connectivity index (χ2n) is 3.73. The third kappa shape index (κ3) is 2.69. The normalized spacial score (nSPS) is 10.6. The van der Waals surface area contributed by atoms with Crippen molar-refractivity contribution in [1.29, 1.82) is 0 Å². The van der Waals surface area contributed by atoms with Crippen LogP contribution in [0.15, 0.2) is 10.9 Å². The number of ether oxygens (including phenoxy) is 1. The number of H-pyrrole nitrogens is 1. The summed E-state index contributed by atoms with van der Waals surface area (Å²) in [7, 11) is 0. The van der Waals surface area contributed by atoms with Crippen molar-refractivity contribution in [2.45, 2.75) is 26.9 Å². The van der Waals surface area contributed by atoms with Gasteiger partial charge in [0.15, 0.2) is 5.69 Å². The van der Waals surface area contributed by atoms with E-state index in [0.717, 1.165) is 0 Å². The third-order valence-corrected chi connectivity index (χ3v) is 2.43. The fourth-order valence-corrected chi connectivity index (χ4v) is 1.52. The van der Waals surface area contributed by atoms with Gasteiger partial charge in [-0.2, -0.15) is 14.5 Å². The van der Waals surface area contributed by atoms with Gasteiger partial charge in [0.25, 0.3) is 0 Å². The van der Waals surface area contributed by atoms with Crippen LogP contribution in [0.4, 0.5) is 0 Å². The standard InChI is InChI=1S/C10H14N6O3/c1-3-15-10(18)16(14-13-15)6-7-5-8(12-11-7)9(17)19-4-2/h5H,3-4,6H2,1-2H3,(H,11,12). The zero-order chi connectivity index (χ0) is 13.8. The molecular weight excluding hydrogens is 252 g/mol. The van der Waals surface area contributed by atoms with Crippen LogP contribution in [-0.2, 0) is 17.8 Å².